The quantitative estimate of drug-likeness (QED) is 0.828. The maximum absolute atomic E-state index is 9.94. The number of nitrogens with one attached hydrogen (secondary N) is 1. The maximum atomic E-state index is 9.94. The van der Waals surface area contributed by atoms with Crippen LogP contribution in [0.25, 0.3) is 0 Å². The van der Waals surface area contributed by atoms with Gasteiger partial charge in [-0.2, -0.15) is 0 Å². The van der Waals surface area contributed by atoms with E-state index >= 15 is 0 Å². The van der Waals surface area contributed by atoms with E-state index in [1.807, 2.05) is 24.3 Å². The van der Waals surface area contributed by atoms with Crippen molar-refractivity contribution in [3.63, 3.8) is 0 Å². The van der Waals surface area contributed by atoms with Gasteiger partial charge in [0.15, 0.2) is 0 Å². The minimum Gasteiger partial charge on any atom is -0.387 e. The third-order valence-corrected chi connectivity index (χ3v) is 3.53. The van der Waals surface area contributed by atoms with E-state index in [4.69, 9.17) is 11.6 Å². The highest BCUT2D eigenvalue weighted by molar-refractivity contribution is 6.30. The van der Waals surface area contributed by atoms with Crippen LogP contribution in [-0.4, -0.2) is 17.7 Å². The number of aliphatic hydroxyl groups excluding tert-OH is 1. The summed E-state index contributed by atoms with van der Waals surface area (Å²) in [6.07, 6.45) is 2.05. The van der Waals surface area contributed by atoms with Gasteiger partial charge in [0.1, 0.15) is 0 Å². The smallest absolute Gasteiger partial charge is 0.0914 e. The summed E-state index contributed by atoms with van der Waals surface area (Å²) in [6.45, 7) is 2.84. The number of rotatable bonds is 5. The van der Waals surface area contributed by atoms with Crippen molar-refractivity contribution < 1.29 is 5.11 Å². The second-order valence-corrected chi connectivity index (χ2v) is 4.92. The van der Waals surface area contributed by atoms with E-state index < -0.39 is 6.10 Å². The standard InChI is InChI=1S/C13H18ClNO/c1-2-9-7-12(9)15-8-13(16)10-3-5-11(14)6-4-10/h3-6,9,12-13,15-16H,2,7-8H2,1H3. The van der Waals surface area contributed by atoms with Crippen molar-refractivity contribution >= 4 is 11.6 Å². The topological polar surface area (TPSA) is 32.3 Å². The predicted octanol–water partition coefficient (Wildman–Crippen LogP) is 2.76. The Morgan fingerprint density at radius 2 is 2.12 bits per heavy atom. The summed E-state index contributed by atoms with van der Waals surface area (Å²) < 4.78 is 0. The first-order valence-corrected chi connectivity index (χ1v) is 6.25. The van der Waals surface area contributed by atoms with Crippen molar-refractivity contribution in [2.75, 3.05) is 6.54 Å². The van der Waals surface area contributed by atoms with Crippen LogP contribution in [0.2, 0.25) is 5.02 Å². The van der Waals surface area contributed by atoms with E-state index in [2.05, 4.69) is 12.2 Å². The van der Waals surface area contributed by atoms with Gasteiger partial charge in [0.05, 0.1) is 6.10 Å². The van der Waals surface area contributed by atoms with Gasteiger partial charge < -0.3 is 10.4 Å². The second kappa shape index (κ2) is 5.17. The Bertz CT molecular complexity index is 338. The third-order valence-electron chi connectivity index (χ3n) is 3.28. The Morgan fingerprint density at radius 3 is 2.69 bits per heavy atom. The Hall–Kier alpha value is -0.570. The Morgan fingerprint density at radius 1 is 1.44 bits per heavy atom. The molecule has 0 heterocycles. The summed E-state index contributed by atoms with van der Waals surface area (Å²) in [5, 5.41) is 14.0. The maximum Gasteiger partial charge on any atom is 0.0914 e. The van der Waals surface area contributed by atoms with Gasteiger partial charge >= 0.3 is 0 Å². The second-order valence-electron chi connectivity index (χ2n) is 4.49. The number of aliphatic hydroxyl groups is 1. The monoisotopic (exact) mass is 239 g/mol. The van der Waals surface area contributed by atoms with Gasteiger partial charge in [-0.15, -0.1) is 0 Å². The van der Waals surface area contributed by atoms with Crippen LogP contribution in [0, 0.1) is 5.92 Å². The highest BCUT2D eigenvalue weighted by Gasteiger charge is 2.34. The number of halogens is 1. The molecular weight excluding hydrogens is 222 g/mol. The zero-order valence-electron chi connectivity index (χ0n) is 9.49. The van der Waals surface area contributed by atoms with Crippen molar-refractivity contribution in [1.82, 2.24) is 5.32 Å². The Kier molecular flexibility index (Phi) is 3.85. The number of hydrogen-bond acceptors (Lipinski definition) is 2. The zero-order valence-corrected chi connectivity index (χ0v) is 10.2. The van der Waals surface area contributed by atoms with Crippen molar-refractivity contribution in [2.45, 2.75) is 31.9 Å². The molecule has 0 aromatic heterocycles. The van der Waals surface area contributed by atoms with Crippen molar-refractivity contribution in [2.24, 2.45) is 5.92 Å². The molecule has 1 aromatic rings. The molecule has 1 aromatic carbocycles. The molecule has 3 heteroatoms. The SMILES string of the molecule is CCC1CC1NCC(O)c1ccc(Cl)cc1. The summed E-state index contributed by atoms with van der Waals surface area (Å²) >= 11 is 5.79. The first-order chi connectivity index (χ1) is 7.70. The normalized spacial score (nSPS) is 25.4. The molecule has 0 radical (unpaired) electrons. The third kappa shape index (κ3) is 2.97. The van der Waals surface area contributed by atoms with Crippen molar-refractivity contribution in [3.8, 4) is 0 Å². The molecule has 16 heavy (non-hydrogen) atoms. The van der Waals surface area contributed by atoms with Crippen molar-refractivity contribution in [3.05, 3.63) is 34.9 Å². The lowest BCUT2D eigenvalue weighted by molar-refractivity contribution is 0.173. The van der Waals surface area contributed by atoms with Gasteiger partial charge in [-0.3, -0.25) is 0 Å². The van der Waals surface area contributed by atoms with Gasteiger partial charge in [-0.25, -0.2) is 0 Å². The lowest BCUT2D eigenvalue weighted by atomic mass is 10.1. The molecular formula is C13H18ClNO. The molecule has 0 amide bonds. The van der Waals surface area contributed by atoms with Crippen LogP contribution < -0.4 is 5.32 Å². The van der Waals surface area contributed by atoms with E-state index in [1.165, 1.54) is 12.8 Å². The van der Waals surface area contributed by atoms with Crippen LogP contribution in [0.15, 0.2) is 24.3 Å². The zero-order chi connectivity index (χ0) is 11.5. The average Bonchev–Trinajstić information content (AvgIpc) is 3.05. The van der Waals surface area contributed by atoms with E-state index in [9.17, 15) is 5.11 Å². The molecule has 3 unspecified atom stereocenters. The average molecular weight is 240 g/mol. The molecule has 1 saturated carbocycles. The summed E-state index contributed by atoms with van der Waals surface area (Å²) in [6, 6.07) is 7.99. The minimum atomic E-state index is -0.435. The van der Waals surface area contributed by atoms with E-state index in [1.54, 1.807) is 0 Å². The van der Waals surface area contributed by atoms with E-state index in [-0.39, 0.29) is 0 Å². The molecule has 2 rings (SSSR count). The first kappa shape index (κ1) is 11.9. The van der Waals surface area contributed by atoms with Gasteiger partial charge in [-0.05, 0) is 30.0 Å². The molecule has 0 bridgehead atoms. The van der Waals surface area contributed by atoms with E-state index in [0.29, 0.717) is 17.6 Å². The molecule has 0 saturated heterocycles. The molecule has 1 aliphatic carbocycles. The highest BCUT2D eigenvalue weighted by atomic mass is 35.5. The van der Waals surface area contributed by atoms with Crippen LogP contribution in [0.1, 0.15) is 31.4 Å². The first-order valence-electron chi connectivity index (χ1n) is 5.87. The van der Waals surface area contributed by atoms with Crippen LogP contribution in [0.3, 0.4) is 0 Å². The van der Waals surface area contributed by atoms with Gasteiger partial charge in [0.25, 0.3) is 0 Å². The molecule has 88 valence electrons. The summed E-state index contributed by atoms with van der Waals surface area (Å²) in [7, 11) is 0. The van der Waals surface area contributed by atoms with Gasteiger partial charge in [0.2, 0.25) is 0 Å². The van der Waals surface area contributed by atoms with Crippen LogP contribution >= 0.6 is 11.6 Å². The minimum absolute atomic E-state index is 0.435. The summed E-state index contributed by atoms with van der Waals surface area (Å²) in [4.78, 5) is 0. The Balaban J connectivity index is 1.79. The van der Waals surface area contributed by atoms with Crippen LogP contribution in [0.4, 0.5) is 0 Å². The number of benzene rings is 1. The number of hydrogen-bond donors (Lipinski definition) is 2. The molecule has 1 aliphatic rings. The fraction of sp³-hybridized carbons (Fsp3) is 0.538. The largest absolute Gasteiger partial charge is 0.387 e. The highest BCUT2D eigenvalue weighted by Crippen LogP contribution is 2.33. The van der Waals surface area contributed by atoms with Gasteiger partial charge in [0, 0.05) is 17.6 Å². The Labute approximate surface area is 102 Å². The predicted molar refractivity (Wildman–Crippen MR) is 66.6 cm³/mol. The van der Waals surface area contributed by atoms with Crippen LogP contribution in [-0.2, 0) is 0 Å². The molecule has 0 spiro atoms. The van der Waals surface area contributed by atoms with Gasteiger partial charge in [-0.1, -0.05) is 37.1 Å². The molecule has 1 fully saturated rings. The summed E-state index contributed by atoms with van der Waals surface area (Å²) in [5.41, 5.74) is 0.922. The van der Waals surface area contributed by atoms with E-state index in [0.717, 1.165) is 11.5 Å². The molecule has 2 N–H and O–H groups in total. The fourth-order valence-electron chi connectivity index (χ4n) is 2.01. The molecule has 2 nitrogen and oxygen atoms in total. The van der Waals surface area contributed by atoms with Crippen molar-refractivity contribution in [1.29, 1.82) is 0 Å². The summed E-state index contributed by atoms with van der Waals surface area (Å²) in [5.74, 6) is 0.817. The lowest BCUT2D eigenvalue weighted by Gasteiger charge is -2.12. The molecule has 0 aliphatic heterocycles. The van der Waals surface area contributed by atoms with Crippen LogP contribution in [0.5, 0.6) is 0 Å². The lowest BCUT2D eigenvalue weighted by Crippen LogP contribution is -2.24. The fourth-order valence-corrected chi connectivity index (χ4v) is 2.14. The molecule has 3 atom stereocenters.